The van der Waals surface area contributed by atoms with Crippen molar-refractivity contribution in [3.63, 3.8) is 0 Å². The van der Waals surface area contributed by atoms with Crippen molar-refractivity contribution in [2.45, 2.75) is 19.0 Å². The molecule has 0 saturated heterocycles. The number of amides is 1. The first-order chi connectivity index (χ1) is 8.41. The van der Waals surface area contributed by atoms with E-state index in [-0.39, 0.29) is 5.56 Å². The van der Waals surface area contributed by atoms with Crippen LogP contribution in [0.15, 0.2) is 18.2 Å². The summed E-state index contributed by atoms with van der Waals surface area (Å²) >= 11 is 0. The van der Waals surface area contributed by atoms with Crippen LogP contribution in [0.2, 0.25) is 0 Å². The largest absolute Gasteiger partial charge is 0.385 e. The summed E-state index contributed by atoms with van der Waals surface area (Å²) < 4.78 is 49.8. The van der Waals surface area contributed by atoms with Gasteiger partial charge in [-0.05, 0) is 6.07 Å². The lowest BCUT2D eigenvalue weighted by molar-refractivity contribution is -0.121. The van der Waals surface area contributed by atoms with Gasteiger partial charge in [0.15, 0.2) is 11.6 Å². The zero-order valence-corrected chi connectivity index (χ0v) is 9.17. The highest BCUT2D eigenvalue weighted by atomic mass is 19.3. The molecular weight excluding hydrogens is 254 g/mol. The van der Waals surface area contributed by atoms with Gasteiger partial charge in [0.25, 0.3) is 6.43 Å². The fourth-order valence-electron chi connectivity index (χ4n) is 1.23. The van der Waals surface area contributed by atoms with Gasteiger partial charge in [0, 0.05) is 12.1 Å². The van der Waals surface area contributed by atoms with E-state index in [1.165, 1.54) is 12.1 Å². The van der Waals surface area contributed by atoms with Gasteiger partial charge in [-0.25, -0.2) is 17.6 Å². The molecule has 0 spiro atoms. The lowest BCUT2D eigenvalue weighted by atomic mass is 10.1. The Labute approximate surface area is 100 Å². The number of carbonyl (C=O) groups is 1. The number of rotatable bonds is 5. The number of nitrogens with one attached hydrogen (secondary N) is 1. The second kappa shape index (κ2) is 6.34. The number of aliphatic hydroxyl groups is 1. The van der Waals surface area contributed by atoms with E-state index in [9.17, 15) is 22.4 Å². The molecule has 1 amide bonds. The van der Waals surface area contributed by atoms with Crippen molar-refractivity contribution < 1.29 is 27.5 Å². The van der Waals surface area contributed by atoms with Crippen molar-refractivity contribution in [2.75, 3.05) is 6.54 Å². The molecule has 1 atom stereocenters. The number of hydrogen-bond acceptors (Lipinski definition) is 2. The van der Waals surface area contributed by atoms with Gasteiger partial charge >= 0.3 is 0 Å². The first-order valence-electron chi connectivity index (χ1n) is 5.07. The monoisotopic (exact) mass is 265 g/mol. The molecule has 0 bridgehead atoms. The summed E-state index contributed by atoms with van der Waals surface area (Å²) in [4.78, 5) is 11.2. The number of halogens is 4. The highest BCUT2D eigenvalue weighted by Crippen LogP contribution is 2.11. The molecule has 0 aliphatic heterocycles. The van der Waals surface area contributed by atoms with Crippen LogP contribution in [-0.4, -0.2) is 30.1 Å². The highest BCUT2D eigenvalue weighted by molar-refractivity contribution is 5.78. The van der Waals surface area contributed by atoms with E-state index >= 15 is 0 Å². The maximum absolute atomic E-state index is 13.2. The Morgan fingerprint density at radius 2 is 2.00 bits per heavy atom. The smallest absolute Gasteiger partial charge is 0.265 e. The minimum absolute atomic E-state index is 0.181. The SMILES string of the molecule is O=C(Cc1cccc(F)c1F)NCC(O)C(F)F. The number of hydrogen-bond donors (Lipinski definition) is 2. The fraction of sp³-hybridized carbons (Fsp3) is 0.364. The van der Waals surface area contributed by atoms with E-state index in [0.717, 1.165) is 6.07 Å². The van der Waals surface area contributed by atoms with Gasteiger partial charge in [-0.3, -0.25) is 4.79 Å². The third-order valence-corrected chi connectivity index (χ3v) is 2.18. The first-order valence-corrected chi connectivity index (χ1v) is 5.07. The number of carbonyl (C=O) groups excluding carboxylic acids is 1. The predicted octanol–water partition coefficient (Wildman–Crippen LogP) is 1.25. The standard InChI is InChI=1S/C11H11F4NO2/c12-7-3-1-2-6(10(7)13)4-9(18)16-5-8(17)11(14)15/h1-3,8,11,17H,4-5H2,(H,16,18). The van der Waals surface area contributed by atoms with E-state index in [2.05, 4.69) is 0 Å². The van der Waals surface area contributed by atoms with Crippen molar-refractivity contribution in [3.05, 3.63) is 35.4 Å². The molecule has 100 valence electrons. The summed E-state index contributed by atoms with van der Waals surface area (Å²) in [6.45, 7) is -0.645. The third-order valence-electron chi connectivity index (χ3n) is 2.18. The molecule has 0 radical (unpaired) electrons. The van der Waals surface area contributed by atoms with E-state index in [1.807, 2.05) is 5.32 Å². The Balaban J connectivity index is 2.52. The summed E-state index contributed by atoms with van der Waals surface area (Å²) in [5, 5.41) is 10.7. The second-order valence-electron chi connectivity index (χ2n) is 3.60. The molecule has 1 rings (SSSR count). The predicted molar refractivity (Wildman–Crippen MR) is 55.1 cm³/mol. The molecule has 0 saturated carbocycles. The number of aliphatic hydroxyl groups excluding tert-OH is 1. The summed E-state index contributed by atoms with van der Waals surface area (Å²) in [5.74, 6) is -3.02. The molecule has 1 aromatic rings. The molecule has 1 unspecified atom stereocenters. The van der Waals surface area contributed by atoms with E-state index < -0.39 is 43.0 Å². The van der Waals surface area contributed by atoms with Crippen LogP contribution >= 0.6 is 0 Å². The molecule has 0 aliphatic rings. The molecule has 3 nitrogen and oxygen atoms in total. The van der Waals surface area contributed by atoms with Crippen LogP contribution in [0.5, 0.6) is 0 Å². The Morgan fingerprint density at radius 3 is 2.61 bits per heavy atom. The van der Waals surface area contributed by atoms with Crippen molar-refractivity contribution in [1.29, 1.82) is 0 Å². The molecule has 18 heavy (non-hydrogen) atoms. The van der Waals surface area contributed by atoms with Crippen LogP contribution in [-0.2, 0) is 11.2 Å². The molecule has 1 aromatic carbocycles. The zero-order valence-electron chi connectivity index (χ0n) is 9.17. The van der Waals surface area contributed by atoms with E-state index in [0.29, 0.717) is 0 Å². The van der Waals surface area contributed by atoms with Crippen LogP contribution in [0.1, 0.15) is 5.56 Å². The van der Waals surface area contributed by atoms with Crippen LogP contribution < -0.4 is 5.32 Å². The van der Waals surface area contributed by atoms with Crippen molar-refractivity contribution in [2.24, 2.45) is 0 Å². The van der Waals surface area contributed by atoms with Gasteiger partial charge in [-0.1, -0.05) is 12.1 Å². The Bertz CT molecular complexity index is 426. The highest BCUT2D eigenvalue weighted by Gasteiger charge is 2.18. The van der Waals surface area contributed by atoms with Gasteiger partial charge in [-0.2, -0.15) is 0 Å². The first kappa shape index (κ1) is 14.4. The summed E-state index contributed by atoms with van der Waals surface area (Å²) in [5.41, 5.74) is -0.181. The Morgan fingerprint density at radius 1 is 1.33 bits per heavy atom. The van der Waals surface area contributed by atoms with Gasteiger partial charge in [0.2, 0.25) is 5.91 Å². The lowest BCUT2D eigenvalue weighted by Crippen LogP contribution is -2.36. The molecule has 0 aromatic heterocycles. The van der Waals surface area contributed by atoms with Crippen LogP contribution in [0.4, 0.5) is 17.6 Å². The van der Waals surface area contributed by atoms with Crippen LogP contribution in [0.25, 0.3) is 0 Å². The van der Waals surface area contributed by atoms with Crippen molar-refractivity contribution in [1.82, 2.24) is 5.32 Å². The summed E-state index contributed by atoms with van der Waals surface area (Å²) in [6, 6.07) is 3.34. The molecule has 0 aliphatic carbocycles. The molecule has 2 N–H and O–H groups in total. The zero-order chi connectivity index (χ0) is 13.7. The maximum Gasteiger partial charge on any atom is 0.265 e. The molecule has 0 fully saturated rings. The fourth-order valence-corrected chi connectivity index (χ4v) is 1.23. The minimum Gasteiger partial charge on any atom is -0.385 e. The topological polar surface area (TPSA) is 49.3 Å². The summed E-state index contributed by atoms with van der Waals surface area (Å²) in [7, 11) is 0. The summed E-state index contributed by atoms with van der Waals surface area (Å²) in [6.07, 6.45) is -5.44. The Hall–Kier alpha value is -1.63. The quantitative estimate of drug-likeness (QED) is 0.787. The van der Waals surface area contributed by atoms with Gasteiger partial charge in [-0.15, -0.1) is 0 Å². The average molecular weight is 265 g/mol. The average Bonchev–Trinajstić information content (AvgIpc) is 2.32. The van der Waals surface area contributed by atoms with Crippen molar-refractivity contribution in [3.8, 4) is 0 Å². The lowest BCUT2D eigenvalue weighted by Gasteiger charge is -2.10. The second-order valence-corrected chi connectivity index (χ2v) is 3.60. The molecular formula is C11H11F4NO2. The van der Waals surface area contributed by atoms with Gasteiger partial charge < -0.3 is 10.4 Å². The Kier molecular flexibility index (Phi) is 5.08. The number of benzene rings is 1. The van der Waals surface area contributed by atoms with Gasteiger partial charge in [0.1, 0.15) is 6.10 Å². The van der Waals surface area contributed by atoms with E-state index in [4.69, 9.17) is 5.11 Å². The molecule has 7 heteroatoms. The number of alkyl halides is 2. The normalized spacial score (nSPS) is 12.6. The molecule has 0 heterocycles. The maximum atomic E-state index is 13.2. The van der Waals surface area contributed by atoms with Crippen LogP contribution in [0, 0.1) is 11.6 Å². The van der Waals surface area contributed by atoms with E-state index in [1.54, 1.807) is 0 Å². The minimum atomic E-state index is -2.98. The van der Waals surface area contributed by atoms with Gasteiger partial charge in [0.05, 0.1) is 6.42 Å². The third kappa shape index (κ3) is 3.99. The van der Waals surface area contributed by atoms with Crippen molar-refractivity contribution >= 4 is 5.91 Å². The van der Waals surface area contributed by atoms with Crippen LogP contribution in [0.3, 0.4) is 0 Å².